The summed E-state index contributed by atoms with van der Waals surface area (Å²) in [5.74, 6) is 0. The predicted molar refractivity (Wildman–Crippen MR) is 111 cm³/mol. The second kappa shape index (κ2) is 8.64. The lowest BCUT2D eigenvalue weighted by atomic mass is 9.95. The summed E-state index contributed by atoms with van der Waals surface area (Å²) in [5.41, 5.74) is 4.61. The van der Waals surface area contributed by atoms with E-state index in [1.165, 1.54) is 37.7 Å². The Morgan fingerprint density at radius 3 is 2.30 bits per heavy atom. The van der Waals surface area contributed by atoms with Crippen LogP contribution in [0.15, 0.2) is 77.3 Å². The van der Waals surface area contributed by atoms with Crippen molar-refractivity contribution in [2.75, 3.05) is 19.8 Å². The Kier molecular flexibility index (Phi) is 5.81. The molecule has 0 aromatic heterocycles. The largest absolute Gasteiger partial charge is 0.371 e. The molecular weight excluding hydrogens is 332 g/mol. The predicted octanol–water partition coefficient (Wildman–Crippen LogP) is 4.84. The molecule has 1 N–H and O–H groups in total. The van der Waals surface area contributed by atoms with Crippen molar-refractivity contribution in [3.05, 3.63) is 83.4 Å². The maximum atomic E-state index is 6.03. The summed E-state index contributed by atoms with van der Waals surface area (Å²) in [6.45, 7) is 2.08. The fraction of sp³-hybridized carbons (Fsp3) is 0.375. The van der Waals surface area contributed by atoms with Gasteiger partial charge in [-0.15, -0.1) is 0 Å². The zero-order chi connectivity index (χ0) is 18.4. The van der Waals surface area contributed by atoms with Crippen molar-refractivity contribution in [2.45, 2.75) is 37.8 Å². The monoisotopic (exact) mass is 360 g/mol. The summed E-state index contributed by atoms with van der Waals surface area (Å²) in [7, 11) is 0. The second-order valence-corrected chi connectivity index (χ2v) is 7.44. The maximum absolute atomic E-state index is 6.03. The third-order valence-electron chi connectivity index (χ3n) is 5.42. The average molecular weight is 361 g/mol. The quantitative estimate of drug-likeness (QED) is 0.332. The molecule has 1 atom stereocenters. The van der Waals surface area contributed by atoms with Crippen LogP contribution in [0.2, 0.25) is 0 Å². The molecule has 2 aromatic carbocycles. The van der Waals surface area contributed by atoms with Crippen LogP contribution in [0.4, 0.5) is 0 Å². The lowest BCUT2D eigenvalue weighted by Crippen LogP contribution is -2.18. The molecule has 1 heterocycles. The van der Waals surface area contributed by atoms with Crippen LogP contribution in [0.5, 0.6) is 0 Å². The Labute approximate surface area is 162 Å². The lowest BCUT2D eigenvalue weighted by molar-refractivity contribution is 0.203. The minimum absolute atomic E-state index is 0.294. The number of ether oxygens (including phenoxy) is 1. The summed E-state index contributed by atoms with van der Waals surface area (Å²) < 4.78 is 6.03. The Morgan fingerprint density at radius 1 is 0.963 bits per heavy atom. The molecule has 0 bridgehead atoms. The normalized spacial score (nSPS) is 22.5. The van der Waals surface area contributed by atoms with Crippen LogP contribution in [0.1, 0.15) is 43.2 Å². The minimum atomic E-state index is -0.294. The lowest BCUT2D eigenvalue weighted by Gasteiger charge is -2.15. The number of nitrogens with zero attached hydrogens (tertiary/aromatic N) is 1. The summed E-state index contributed by atoms with van der Waals surface area (Å²) in [4.78, 5) is 5.10. The van der Waals surface area contributed by atoms with E-state index in [0.717, 1.165) is 17.8 Å². The van der Waals surface area contributed by atoms with Gasteiger partial charge in [-0.25, -0.2) is 0 Å². The van der Waals surface area contributed by atoms with E-state index in [1.54, 1.807) is 5.57 Å². The molecule has 3 heteroatoms. The first kappa shape index (κ1) is 18.1. The van der Waals surface area contributed by atoms with Crippen LogP contribution in [-0.4, -0.2) is 25.5 Å². The number of benzene rings is 2. The van der Waals surface area contributed by atoms with E-state index in [4.69, 9.17) is 9.73 Å². The van der Waals surface area contributed by atoms with Gasteiger partial charge in [-0.3, -0.25) is 10.3 Å². The van der Waals surface area contributed by atoms with Crippen LogP contribution >= 0.6 is 0 Å². The van der Waals surface area contributed by atoms with Gasteiger partial charge in [0.2, 0.25) is 0 Å². The number of allylic oxidation sites excluding steroid dienone is 1. The number of rotatable bonds is 7. The molecular formula is C24H28N2O. The van der Waals surface area contributed by atoms with Gasteiger partial charge in [0, 0.05) is 6.54 Å². The van der Waals surface area contributed by atoms with Crippen molar-refractivity contribution in [1.29, 1.82) is 0 Å². The van der Waals surface area contributed by atoms with E-state index in [0.29, 0.717) is 13.2 Å². The maximum Gasteiger partial charge on any atom is 0.149 e. The number of aliphatic imine (C=N–C) groups is 1. The van der Waals surface area contributed by atoms with Crippen LogP contribution < -0.4 is 5.32 Å². The highest BCUT2D eigenvalue weighted by Crippen LogP contribution is 2.33. The highest BCUT2D eigenvalue weighted by atomic mass is 16.5. The molecule has 4 rings (SSSR count). The van der Waals surface area contributed by atoms with Gasteiger partial charge in [0.25, 0.3) is 0 Å². The number of hydrogen-bond donors (Lipinski definition) is 1. The van der Waals surface area contributed by atoms with Crippen LogP contribution in [0, 0.1) is 0 Å². The minimum Gasteiger partial charge on any atom is -0.371 e. The molecule has 3 nitrogen and oxygen atoms in total. The molecule has 1 unspecified atom stereocenters. The van der Waals surface area contributed by atoms with Crippen molar-refractivity contribution in [3.8, 4) is 0 Å². The van der Waals surface area contributed by atoms with Gasteiger partial charge in [-0.05, 0) is 36.8 Å². The molecule has 0 radical (unpaired) electrons. The Hall–Kier alpha value is -2.23. The molecule has 2 fully saturated rings. The molecule has 140 valence electrons. The van der Waals surface area contributed by atoms with Crippen molar-refractivity contribution >= 4 is 5.71 Å². The third kappa shape index (κ3) is 4.74. The molecule has 1 aliphatic heterocycles. The zero-order valence-corrected chi connectivity index (χ0v) is 15.9. The molecule has 2 aromatic rings. The SMILES string of the molecule is C(COC/C(=N/C1(c2ccccc2)CN1)c1ccccc1)=C1CCCCC1. The van der Waals surface area contributed by atoms with Crippen molar-refractivity contribution in [3.63, 3.8) is 0 Å². The summed E-state index contributed by atoms with van der Waals surface area (Å²) >= 11 is 0. The van der Waals surface area contributed by atoms with Crippen molar-refractivity contribution in [2.24, 2.45) is 4.99 Å². The van der Waals surface area contributed by atoms with Gasteiger partial charge >= 0.3 is 0 Å². The fourth-order valence-electron chi connectivity index (χ4n) is 3.73. The Balaban J connectivity index is 1.48. The van der Waals surface area contributed by atoms with Gasteiger partial charge in [0.1, 0.15) is 5.66 Å². The topological polar surface area (TPSA) is 43.5 Å². The fourth-order valence-corrected chi connectivity index (χ4v) is 3.73. The summed E-state index contributed by atoms with van der Waals surface area (Å²) in [6, 6.07) is 20.9. The molecule has 0 spiro atoms. The van der Waals surface area contributed by atoms with Gasteiger partial charge in [0.15, 0.2) is 0 Å². The van der Waals surface area contributed by atoms with Gasteiger partial charge in [-0.1, -0.05) is 78.7 Å². The second-order valence-electron chi connectivity index (χ2n) is 7.44. The van der Waals surface area contributed by atoms with Crippen molar-refractivity contribution < 1.29 is 4.74 Å². The first-order valence-corrected chi connectivity index (χ1v) is 10.1. The number of hydrogen-bond acceptors (Lipinski definition) is 3. The standard InChI is InChI=1S/C24H28N2O/c1-4-10-20(11-5-1)16-17-27-18-23(21-12-6-2-7-13-21)26-24(19-25-24)22-14-8-3-9-15-22/h2-3,6-9,12-16,25H,1,4-5,10-11,17-19H2/b26-23-. The van der Waals surface area contributed by atoms with Gasteiger partial charge < -0.3 is 4.74 Å². The molecule has 1 saturated carbocycles. The Morgan fingerprint density at radius 2 is 1.63 bits per heavy atom. The highest BCUT2D eigenvalue weighted by molar-refractivity contribution is 6.02. The van der Waals surface area contributed by atoms with Gasteiger partial charge in [0.05, 0.1) is 18.9 Å². The van der Waals surface area contributed by atoms with E-state index in [-0.39, 0.29) is 5.66 Å². The van der Waals surface area contributed by atoms with E-state index >= 15 is 0 Å². The van der Waals surface area contributed by atoms with Crippen LogP contribution in [0.25, 0.3) is 0 Å². The first-order chi connectivity index (χ1) is 13.4. The molecule has 2 aliphatic rings. The molecule has 0 amide bonds. The Bertz CT molecular complexity index is 784. The van der Waals surface area contributed by atoms with Crippen LogP contribution in [0.3, 0.4) is 0 Å². The van der Waals surface area contributed by atoms with Crippen molar-refractivity contribution in [1.82, 2.24) is 5.32 Å². The highest BCUT2D eigenvalue weighted by Gasteiger charge is 2.44. The number of nitrogens with one attached hydrogen (secondary N) is 1. The smallest absolute Gasteiger partial charge is 0.149 e. The van der Waals surface area contributed by atoms with Crippen LogP contribution in [-0.2, 0) is 10.4 Å². The van der Waals surface area contributed by atoms with E-state index in [9.17, 15) is 0 Å². The molecule has 27 heavy (non-hydrogen) atoms. The average Bonchev–Trinajstić information content (AvgIpc) is 3.53. The zero-order valence-electron chi connectivity index (χ0n) is 15.9. The summed E-state index contributed by atoms with van der Waals surface area (Å²) in [5, 5.41) is 3.45. The molecule has 1 saturated heterocycles. The molecule has 1 aliphatic carbocycles. The third-order valence-corrected chi connectivity index (χ3v) is 5.42. The van der Waals surface area contributed by atoms with E-state index in [2.05, 4.69) is 59.9 Å². The van der Waals surface area contributed by atoms with E-state index < -0.39 is 0 Å². The first-order valence-electron chi connectivity index (χ1n) is 10.1. The van der Waals surface area contributed by atoms with E-state index in [1.807, 2.05) is 12.1 Å². The van der Waals surface area contributed by atoms with Gasteiger partial charge in [-0.2, -0.15) is 0 Å². The summed E-state index contributed by atoms with van der Waals surface area (Å²) in [6.07, 6.45) is 8.79.